The lowest BCUT2D eigenvalue weighted by Gasteiger charge is -2.39. The van der Waals surface area contributed by atoms with Gasteiger partial charge in [-0.2, -0.15) is 0 Å². The van der Waals surface area contributed by atoms with E-state index >= 15 is 0 Å². The SMILES string of the molecule is CC1CN(C)CCN1C(=O)C1(C(=O)O)CC1. The Balaban J connectivity index is 2.08. The van der Waals surface area contributed by atoms with Gasteiger partial charge in [-0.05, 0) is 26.8 Å². The third-order valence-corrected chi connectivity index (χ3v) is 3.66. The fourth-order valence-electron chi connectivity index (χ4n) is 2.36. The van der Waals surface area contributed by atoms with Crippen LogP contribution in [0.25, 0.3) is 0 Å². The van der Waals surface area contributed by atoms with Gasteiger partial charge in [0.15, 0.2) is 0 Å². The van der Waals surface area contributed by atoms with E-state index in [9.17, 15) is 9.59 Å². The van der Waals surface area contributed by atoms with E-state index in [0.29, 0.717) is 19.4 Å². The molecule has 1 atom stereocenters. The quantitative estimate of drug-likeness (QED) is 0.674. The minimum atomic E-state index is -1.08. The lowest BCUT2D eigenvalue weighted by Crippen LogP contribution is -2.55. The van der Waals surface area contributed by atoms with Crippen LogP contribution in [-0.4, -0.2) is 59.5 Å². The number of likely N-dealkylation sites (N-methyl/N-ethyl adjacent to an activating group) is 1. The molecule has 5 heteroatoms. The van der Waals surface area contributed by atoms with E-state index in [1.165, 1.54) is 0 Å². The van der Waals surface area contributed by atoms with Crippen molar-refractivity contribution >= 4 is 11.9 Å². The molecule has 0 bridgehead atoms. The number of hydrogen-bond acceptors (Lipinski definition) is 3. The summed E-state index contributed by atoms with van der Waals surface area (Å²) in [7, 11) is 2.02. The number of rotatable bonds is 2. The number of carboxylic acids is 1. The lowest BCUT2D eigenvalue weighted by molar-refractivity contribution is -0.155. The zero-order chi connectivity index (χ0) is 11.9. The van der Waals surface area contributed by atoms with Crippen LogP contribution in [0.3, 0.4) is 0 Å². The van der Waals surface area contributed by atoms with Crippen molar-refractivity contribution in [2.24, 2.45) is 5.41 Å². The van der Waals surface area contributed by atoms with Gasteiger partial charge in [-0.3, -0.25) is 9.59 Å². The minimum Gasteiger partial charge on any atom is -0.480 e. The second-order valence-electron chi connectivity index (χ2n) is 5.00. The van der Waals surface area contributed by atoms with E-state index in [1.54, 1.807) is 4.90 Å². The topological polar surface area (TPSA) is 60.9 Å². The maximum atomic E-state index is 12.2. The molecule has 0 aromatic heterocycles. The molecule has 1 amide bonds. The highest BCUT2D eigenvalue weighted by Gasteiger charge is 2.59. The van der Waals surface area contributed by atoms with E-state index in [1.807, 2.05) is 14.0 Å². The first-order chi connectivity index (χ1) is 7.47. The minimum absolute atomic E-state index is 0.114. The predicted molar refractivity (Wildman–Crippen MR) is 58.0 cm³/mol. The van der Waals surface area contributed by atoms with Crippen LogP contribution in [0, 0.1) is 5.41 Å². The van der Waals surface area contributed by atoms with Crippen molar-refractivity contribution in [2.45, 2.75) is 25.8 Å². The predicted octanol–water partition coefficient (Wildman–Crippen LogP) is 0.0137. The van der Waals surface area contributed by atoms with Crippen LogP contribution >= 0.6 is 0 Å². The van der Waals surface area contributed by atoms with Crippen LogP contribution in [0.5, 0.6) is 0 Å². The van der Waals surface area contributed by atoms with Gasteiger partial charge >= 0.3 is 5.97 Å². The summed E-state index contributed by atoms with van der Waals surface area (Å²) in [4.78, 5) is 27.1. The lowest BCUT2D eigenvalue weighted by atomic mass is 10.0. The molecule has 90 valence electrons. The van der Waals surface area contributed by atoms with Crippen molar-refractivity contribution in [3.05, 3.63) is 0 Å². The van der Waals surface area contributed by atoms with Gasteiger partial charge in [-0.15, -0.1) is 0 Å². The highest BCUT2D eigenvalue weighted by atomic mass is 16.4. The summed E-state index contributed by atoms with van der Waals surface area (Å²) in [6.45, 7) is 4.27. The van der Waals surface area contributed by atoms with Gasteiger partial charge in [0.05, 0.1) is 0 Å². The molecule has 0 aromatic carbocycles. The molecule has 2 rings (SSSR count). The van der Waals surface area contributed by atoms with Gasteiger partial charge in [-0.25, -0.2) is 0 Å². The largest absolute Gasteiger partial charge is 0.480 e. The van der Waals surface area contributed by atoms with Crippen molar-refractivity contribution in [1.82, 2.24) is 9.80 Å². The number of amides is 1. The number of carbonyl (C=O) groups excluding carboxylic acids is 1. The van der Waals surface area contributed by atoms with Crippen LogP contribution in [0.4, 0.5) is 0 Å². The van der Waals surface area contributed by atoms with Crippen molar-refractivity contribution in [3.63, 3.8) is 0 Å². The maximum Gasteiger partial charge on any atom is 0.319 e. The molecule has 0 spiro atoms. The molecular formula is C11H18N2O3. The fourth-order valence-corrected chi connectivity index (χ4v) is 2.36. The first-order valence-electron chi connectivity index (χ1n) is 5.70. The molecule has 1 unspecified atom stereocenters. The molecule has 0 aromatic rings. The molecule has 16 heavy (non-hydrogen) atoms. The molecule has 1 saturated carbocycles. The summed E-state index contributed by atoms with van der Waals surface area (Å²) in [6.07, 6.45) is 1.00. The number of nitrogens with zero attached hydrogens (tertiary/aromatic N) is 2. The molecule has 1 heterocycles. The van der Waals surface area contributed by atoms with Gasteiger partial charge in [-0.1, -0.05) is 0 Å². The summed E-state index contributed by atoms with van der Waals surface area (Å²) in [6, 6.07) is 0.114. The molecule has 1 aliphatic carbocycles. The van der Waals surface area contributed by atoms with E-state index in [4.69, 9.17) is 5.11 Å². The third kappa shape index (κ3) is 1.69. The highest BCUT2D eigenvalue weighted by molar-refractivity contribution is 6.05. The molecule has 1 aliphatic heterocycles. The van der Waals surface area contributed by atoms with Gasteiger partial charge < -0.3 is 14.9 Å². The Hall–Kier alpha value is -1.10. The van der Waals surface area contributed by atoms with Gasteiger partial charge in [0.25, 0.3) is 0 Å². The van der Waals surface area contributed by atoms with Gasteiger partial charge in [0, 0.05) is 25.7 Å². The number of hydrogen-bond donors (Lipinski definition) is 1. The van der Waals surface area contributed by atoms with E-state index < -0.39 is 11.4 Å². The zero-order valence-electron chi connectivity index (χ0n) is 9.77. The Morgan fingerprint density at radius 2 is 1.94 bits per heavy atom. The highest BCUT2D eigenvalue weighted by Crippen LogP contribution is 2.47. The van der Waals surface area contributed by atoms with Gasteiger partial charge in [0.1, 0.15) is 5.41 Å². The van der Waals surface area contributed by atoms with Crippen molar-refractivity contribution < 1.29 is 14.7 Å². The van der Waals surface area contributed by atoms with Crippen molar-refractivity contribution in [1.29, 1.82) is 0 Å². The summed E-state index contributed by atoms with van der Waals surface area (Å²) >= 11 is 0. The summed E-state index contributed by atoms with van der Waals surface area (Å²) in [5.41, 5.74) is -1.08. The Bertz CT molecular complexity index is 325. The Labute approximate surface area is 95.0 Å². The first kappa shape index (κ1) is 11.4. The summed E-state index contributed by atoms with van der Waals surface area (Å²) in [5.74, 6) is -1.13. The third-order valence-electron chi connectivity index (χ3n) is 3.66. The standard InChI is InChI=1S/C11H18N2O3/c1-8-7-12(2)5-6-13(8)9(14)11(3-4-11)10(15)16/h8H,3-7H2,1-2H3,(H,15,16). The van der Waals surface area contributed by atoms with Gasteiger partial charge in [0.2, 0.25) is 5.91 Å². The molecule has 5 nitrogen and oxygen atoms in total. The van der Waals surface area contributed by atoms with Crippen LogP contribution in [0.1, 0.15) is 19.8 Å². The average Bonchev–Trinajstić information content (AvgIpc) is 2.97. The number of piperazine rings is 1. The van der Waals surface area contributed by atoms with Crippen molar-refractivity contribution in [2.75, 3.05) is 26.7 Å². The smallest absolute Gasteiger partial charge is 0.319 e. The first-order valence-corrected chi connectivity index (χ1v) is 5.70. The molecule has 1 saturated heterocycles. The normalized spacial score (nSPS) is 28.9. The summed E-state index contributed by atoms with van der Waals surface area (Å²) in [5, 5.41) is 9.09. The average molecular weight is 226 g/mol. The zero-order valence-corrected chi connectivity index (χ0v) is 9.77. The van der Waals surface area contributed by atoms with E-state index in [0.717, 1.165) is 13.1 Å². The second kappa shape index (κ2) is 3.73. The molecule has 2 aliphatic rings. The van der Waals surface area contributed by atoms with E-state index in [2.05, 4.69) is 4.90 Å². The van der Waals surface area contributed by atoms with Crippen LogP contribution in [-0.2, 0) is 9.59 Å². The second-order valence-corrected chi connectivity index (χ2v) is 5.00. The molecular weight excluding hydrogens is 208 g/mol. The van der Waals surface area contributed by atoms with Crippen LogP contribution < -0.4 is 0 Å². The van der Waals surface area contributed by atoms with E-state index in [-0.39, 0.29) is 11.9 Å². The van der Waals surface area contributed by atoms with Crippen LogP contribution in [0.15, 0.2) is 0 Å². The Kier molecular flexibility index (Phi) is 2.66. The number of carboxylic acid groups (broad SMARTS) is 1. The molecule has 2 fully saturated rings. The molecule has 0 radical (unpaired) electrons. The monoisotopic (exact) mass is 226 g/mol. The fraction of sp³-hybridized carbons (Fsp3) is 0.818. The Morgan fingerprint density at radius 1 is 1.31 bits per heavy atom. The molecule has 1 N–H and O–H groups in total. The van der Waals surface area contributed by atoms with Crippen LogP contribution in [0.2, 0.25) is 0 Å². The number of aliphatic carboxylic acids is 1. The number of carbonyl (C=O) groups is 2. The maximum absolute atomic E-state index is 12.2. The Morgan fingerprint density at radius 3 is 2.38 bits per heavy atom. The van der Waals surface area contributed by atoms with Crippen molar-refractivity contribution in [3.8, 4) is 0 Å². The summed E-state index contributed by atoms with van der Waals surface area (Å²) < 4.78 is 0.